The van der Waals surface area contributed by atoms with E-state index in [1.54, 1.807) is 7.11 Å². The number of likely N-dealkylation sites (tertiary alicyclic amines) is 1. The molecule has 0 amide bonds. The molecular weight excluding hydrogens is 318 g/mol. The zero-order valence-corrected chi connectivity index (χ0v) is 15.8. The van der Waals surface area contributed by atoms with Crippen molar-refractivity contribution >= 4 is 5.97 Å². The highest BCUT2D eigenvalue weighted by molar-refractivity contribution is 5.71. The Bertz CT molecular complexity index is 573. The number of nitrogens with zero attached hydrogens (tertiary/aromatic N) is 1. The van der Waals surface area contributed by atoms with E-state index in [0.717, 1.165) is 49.4 Å². The lowest BCUT2D eigenvalue weighted by molar-refractivity contribution is -0.145. The first-order valence-corrected chi connectivity index (χ1v) is 9.19. The second kappa shape index (κ2) is 9.09. The highest BCUT2D eigenvalue weighted by Gasteiger charge is 2.32. The van der Waals surface area contributed by atoms with E-state index in [0.29, 0.717) is 12.5 Å². The maximum atomic E-state index is 11.4. The van der Waals surface area contributed by atoms with Gasteiger partial charge < -0.3 is 14.6 Å². The predicted octanol–water partition coefficient (Wildman–Crippen LogP) is 3.81. The van der Waals surface area contributed by atoms with Crippen molar-refractivity contribution in [3.05, 3.63) is 23.8 Å². The number of carboxylic acid groups (broad SMARTS) is 1. The van der Waals surface area contributed by atoms with Gasteiger partial charge in [-0.05, 0) is 56.3 Å². The van der Waals surface area contributed by atoms with Gasteiger partial charge in [-0.3, -0.25) is 9.69 Å². The highest BCUT2D eigenvalue weighted by atomic mass is 16.5. The number of hydrogen-bond donors (Lipinski definition) is 1. The molecule has 0 saturated carbocycles. The topological polar surface area (TPSA) is 59.0 Å². The molecule has 0 spiro atoms. The fourth-order valence-electron chi connectivity index (χ4n) is 3.34. The molecule has 0 radical (unpaired) electrons. The molecule has 0 aliphatic carbocycles. The lowest BCUT2D eigenvalue weighted by atomic mass is 9.90. The Kier molecular flexibility index (Phi) is 7.12. The summed E-state index contributed by atoms with van der Waals surface area (Å²) in [7, 11) is 1.65. The summed E-state index contributed by atoms with van der Waals surface area (Å²) in [5, 5.41) is 9.38. The summed E-state index contributed by atoms with van der Waals surface area (Å²) in [4.78, 5) is 13.7. The molecule has 1 aromatic carbocycles. The van der Waals surface area contributed by atoms with E-state index in [1.165, 1.54) is 0 Å². The van der Waals surface area contributed by atoms with Crippen LogP contribution in [0.15, 0.2) is 18.2 Å². The molecule has 140 valence electrons. The number of ether oxygens (including phenoxy) is 2. The average Bonchev–Trinajstić information content (AvgIpc) is 2.56. The summed E-state index contributed by atoms with van der Waals surface area (Å²) in [6, 6.07) is 6.03. The molecule has 5 nitrogen and oxygen atoms in total. The van der Waals surface area contributed by atoms with E-state index in [1.807, 2.05) is 25.1 Å². The minimum atomic E-state index is -0.690. The number of benzene rings is 1. The van der Waals surface area contributed by atoms with Gasteiger partial charge in [-0.2, -0.15) is 0 Å². The van der Waals surface area contributed by atoms with E-state index >= 15 is 0 Å². The van der Waals surface area contributed by atoms with Gasteiger partial charge in [0, 0.05) is 12.6 Å². The van der Waals surface area contributed by atoms with Gasteiger partial charge in [0.25, 0.3) is 0 Å². The molecule has 0 unspecified atom stereocenters. The molecule has 5 heteroatoms. The molecule has 1 aliphatic rings. The predicted molar refractivity (Wildman–Crippen MR) is 98.2 cm³/mol. The van der Waals surface area contributed by atoms with Gasteiger partial charge in [-0.15, -0.1) is 0 Å². The SMILES string of the molecule is COc1ccc(CN2CCC[C@H](C(=O)O)[C@@H]2C)cc1OCCC(C)C. The number of rotatable bonds is 8. The van der Waals surface area contributed by atoms with Gasteiger partial charge in [0.05, 0.1) is 19.6 Å². The fraction of sp³-hybridized carbons (Fsp3) is 0.650. The third kappa shape index (κ3) is 5.36. The Balaban J connectivity index is 2.07. The fourth-order valence-corrected chi connectivity index (χ4v) is 3.34. The van der Waals surface area contributed by atoms with E-state index in [-0.39, 0.29) is 12.0 Å². The average molecular weight is 349 g/mol. The van der Waals surface area contributed by atoms with Crippen LogP contribution in [0.1, 0.15) is 45.6 Å². The van der Waals surface area contributed by atoms with E-state index in [4.69, 9.17) is 9.47 Å². The summed E-state index contributed by atoms with van der Waals surface area (Å²) in [5.74, 6) is 1.12. The monoisotopic (exact) mass is 349 g/mol. The Hall–Kier alpha value is -1.75. The van der Waals surface area contributed by atoms with Crippen LogP contribution in [0.5, 0.6) is 11.5 Å². The zero-order valence-electron chi connectivity index (χ0n) is 15.8. The first-order chi connectivity index (χ1) is 11.9. The number of carboxylic acids is 1. The van der Waals surface area contributed by atoms with Crippen molar-refractivity contribution in [3.8, 4) is 11.5 Å². The molecule has 25 heavy (non-hydrogen) atoms. The van der Waals surface area contributed by atoms with Crippen molar-refractivity contribution in [3.63, 3.8) is 0 Å². The van der Waals surface area contributed by atoms with Crippen molar-refractivity contribution in [2.45, 2.75) is 52.6 Å². The number of hydrogen-bond acceptors (Lipinski definition) is 4. The van der Waals surface area contributed by atoms with Crippen molar-refractivity contribution in [1.82, 2.24) is 4.90 Å². The lowest BCUT2D eigenvalue weighted by Gasteiger charge is -2.37. The molecule has 2 rings (SSSR count). The Labute approximate surface area is 150 Å². The van der Waals surface area contributed by atoms with Gasteiger partial charge in [-0.25, -0.2) is 0 Å². The molecular formula is C20H31NO4. The molecule has 0 aromatic heterocycles. The summed E-state index contributed by atoms with van der Waals surface area (Å²) in [5.41, 5.74) is 1.12. The van der Waals surface area contributed by atoms with Crippen LogP contribution < -0.4 is 9.47 Å². The van der Waals surface area contributed by atoms with E-state index < -0.39 is 5.97 Å². The van der Waals surface area contributed by atoms with Crippen LogP contribution in [-0.2, 0) is 11.3 Å². The van der Waals surface area contributed by atoms with Crippen LogP contribution in [0.2, 0.25) is 0 Å². The highest BCUT2D eigenvalue weighted by Crippen LogP contribution is 2.31. The van der Waals surface area contributed by atoms with Gasteiger partial charge in [0.15, 0.2) is 11.5 Å². The Morgan fingerprint density at radius 1 is 1.36 bits per heavy atom. The normalized spacial score (nSPS) is 21.3. The van der Waals surface area contributed by atoms with Crippen molar-refractivity contribution in [2.75, 3.05) is 20.3 Å². The van der Waals surface area contributed by atoms with Gasteiger partial charge in [0.1, 0.15) is 0 Å². The molecule has 0 bridgehead atoms. The van der Waals surface area contributed by atoms with Crippen LogP contribution in [0, 0.1) is 11.8 Å². The standard InChI is InChI=1S/C20H31NO4/c1-14(2)9-11-25-19-12-16(7-8-18(19)24-4)13-21-10-5-6-17(15(21)3)20(22)23/h7-8,12,14-15,17H,5-6,9-11,13H2,1-4H3,(H,22,23)/t15-,17-/m0/s1. The maximum Gasteiger partial charge on any atom is 0.308 e. The first-order valence-electron chi connectivity index (χ1n) is 9.19. The molecule has 1 fully saturated rings. The largest absolute Gasteiger partial charge is 0.493 e. The second-order valence-electron chi connectivity index (χ2n) is 7.31. The number of aliphatic carboxylic acids is 1. The van der Waals surface area contributed by atoms with Crippen LogP contribution in [0.25, 0.3) is 0 Å². The molecule has 1 aromatic rings. The summed E-state index contributed by atoms with van der Waals surface area (Å²) in [6.07, 6.45) is 2.69. The van der Waals surface area contributed by atoms with E-state index in [2.05, 4.69) is 18.7 Å². The lowest BCUT2D eigenvalue weighted by Crippen LogP contribution is -2.45. The summed E-state index contributed by atoms with van der Waals surface area (Å²) in [6.45, 7) is 8.69. The van der Waals surface area contributed by atoms with Crippen molar-refractivity contribution in [1.29, 1.82) is 0 Å². The number of carbonyl (C=O) groups is 1. The molecule has 1 heterocycles. The van der Waals surface area contributed by atoms with Crippen molar-refractivity contribution in [2.24, 2.45) is 11.8 Å². The van der Waals surface area contributed by atoms with Crippen molar-refractivity contribution < 1.29 is 19.4 Å². The molecule has 1 aliphatic heterocycles. The molecule has 1 saturated heterocycles. The number of piperidine rings is 1. The van der Waals surface area contributed by atoms with Crippen LogP contribution in [0.4, 0.5) is 0 Å². The molecule has 2 atom stereocenters. The minimum Gasteiger partial charge on any atom is -0.493 e. The Morgan fingerprint density at radius 2 is 2.12 bits per heavy atom. The Morgan fingerprint density at radius 3 is 2.76 bits per heavy atom. The van der Waals surface area contributed by atoms with Crippen LogP contribution >= 0.6 is 0 Å². The summed E-state index contributed by atoms with van der Waals surface area (Å²) < 4.78 is 11.3. The third-order valence-corrected chi connectivity index (χ3v) is 5.00. The maximum absolute atomic E-state index is 11.4. The smallest absolute Gasteiger partial charge is 0.308 e. The van der Waals surface area contributed by atoms with Crippen LogP contribution in [-0.4, -0.2) is 42.3 Å². The second-order valence-corrected chi connectivity index (χ2v) is 7.31. The molecule has 1 N–H and O–H groups in total. The third-order valence-electron chi connectivity index (χ3n) is 5.00. The zero-order chi connectivity index (χ0) is 18.4. The van der Waals surface area contributed by atoms with Gasteiger partial charge >= 0.3 is 5.97 Å². The number of methoxy groups -OCH3 is 1. The quantitative estimate of drug-likeness (QED) is 0.773. The summed E-state index contributed by atoms with van der Waals surface area (Å²) >= 11 is 0. The van der Waals surface area contributed by atoms with E-state index in [9.17, 15) is 9.90 Å². The van der Waals surface area contributed by atoms with Crippen LogP contribution in [0.3, 0.4) is 0 Å². The van der Waals surface area contributed by atoms with Gasteiger partial charge in [-0.1, -0.05) is 19.9 Å². The minimum absolute atomic E-state index is 0.0404. The first kappa shape index (κ1) is 19.6. The van der Waals surface area contributed by atoms with Gasteiger partial charge in [0.2, 0.25) is 0 Å².